The normalized spacial score (nSPS) is 22.7. The van der Waals surface area contributed by atoms with Gasteiger partial charge in [0.1, 0.15) is 5.50 Å². The number of alkyl halides is 3. The van der Waals surface area contributed by atoms with Crippen LogP contribution in [0.5, 0.6) is 0 Å². The largest absolute Gasteiger partial charge is 0.480 e. The summed E-state index contributed by atoms with van der Waals surface area (Å²) >= 11 is 3.93. The van der Waals surface area contributed by atoms with Crippen LogP contribution in [0.2, 0.25) is 0 Å². The van der Waals surface area contributed by atoms with Gasteiger partial charge in [-0.15, -0.1) is 12.6 Å². The maximum absolute atomic E-state index is 12.0. The molecule has 0 aromatic carbocycles. The molecule has 1 rings (SSSR count). The lowest BCUT2D eigenvalue weighted by atomic mass is 10.5. The molecule has 2 N–H and O–H groups in total. The van der Waals surface area contributed by atoms with Crippen LogP contribution in [0.25, 0.3) is 0 Å². The molecule has 0 spiro atoms. The third-order valence-electron chi connectivity index (χ3n) is 2.07. The van der Waals surface area contributed by atoms with Gasteiger partial charge in [0.2, 0.25) is 0 Å². The fourth-order valence-electron chi connectivity index (χ4n) is 1.31. The van der Waals surface area contributed by atoms with Crippen molar-refractivity contribution < 1.29 is 27.9 Å². The van der Waals surface area contributed by atoms with E-state index in [0.717, 1.165) is 5.01 Å². The Kier molecular flexibility index (Phi) is 4.22. The number of carboxylic acid groups (broad SMARTS) is 1. The molecule has 0 aromatic rings. The zero-order valence-corrected chi connectivity index (χ0v) is 9.33. The summed E-state index contributed by atoms with van der Waals surface area (Å²) in [4.78, 5) is 22.4. The van der Waals surface area contributed by atoms with Gasteiger partial charge in [0.15, 0.2) is 0 Å². The number of thiol groups is 1. The number of rotatable bonds is 3. The number of hydrogen-bond acceptors (Lipinski definition) is 5. The lowest BCUT2D eigenvalue weighted by Crippen LogP contribution is -2.51. The minimum Gasteiger partial charge on any atom is -0.480 e. The van der Waals surface area contributed by atoms with Crippen LogP contribution in [-0.2, 0) is 9.59 Å². The number of hydrogen-bond donors (Lipinski definition) is 3. The minimum absolute atomic E-state index is 0.0727. The van der Waals surface area contributed by atoms with E-state index >= 15 is 0 Å². The van der Waals surface area contributed by atoms with E-state index in [-0.39, 0.29) is 19.6 Å². The molecule has 17 heavy (non-hydrogen) atoms. The van der Waals surface area contributed by atoms with Gasteiger partial charge < -0.3 is 5.11 Å². The fraction of sp³-hybridized carbons (Fsp3) is 0.714. The van der Waals surface area contributed by atoms with Crippen molar-refractivity contribution in [2.75, 3.05) is 19.6 Å². The van der Waals surface area contributed by atoms with Gasteiger partial charge in [0.25, 0.3) is 0 Å². The van der Waals surface area contributed by atoms with Crippen molar-refractivity contribution in [1.29, 1.82) is 0 Å². The minimum atomic E-state index is -4.98. The number of aliphatic carboxylic acids is 1. The highest BCUT2D eigenvalue weighted by atomic mass is 32.1. The van der Waals surface area contributed by atoms with Crippen LogP contribution in [0.15, 0.2) is 0 Å². The molecule has 1 fully saturated rings. The van der Waals surface area contributed by atoms with Gasteiger partial charge in [0.05, 0.1) is 6.54 Å². The summed E-state index contributed by atoms with van der Waals surface area (Å²) in [5.41, 5.74) is 0.739. The zero-order chi connectivity index (χ0) is 13.2. The number of carbonyl (C=O) groups excluding carboxylic acids is 1. The van der Waals surface area contributed by atoms with Crippen molar-refractivity contribution >= 4 is 24.5 Å². The van der Waals surface area contributed by atoms with Crippen LogP contribution in [0.1, 0.15) is 0 Å². The highest BCUT2D eigenvalue weighted by molar-refractivity contribution is 7.80. The molecule has 1 saturated heterocycles. The van der Waals surface area contributed by atoms with Crippen LogP contribution < -0.4 is 5.43 Å². The Bertz CT molecular complexity index is 325. The van der Waals surface area contributed by atoms with Crippen LogP contribution >= 0.6 is 12.6 Å². The molecule has 1 amide bonds. The van der Waals surface area contributed by atoms with Crippen molar-refractivity contribution in [2.45, 2.75) is 11.7 Å². The first kappa shape index (κ1) is 14.1. The number of hydrazine groups is 1. The Hall–Kier alpha value is -1.00. The number of halogens is 3. The van der Waals surface area contributed by atoms with E-state index in [1.165, 1.54) is 4.90 Å². The molecular weight excluding hydrogens is 263 g/mol. The topological polar surface area (TPSA) is 72.9 Å². The lowest BCUT2D eigenvalue weighted by Gasteiger charge is -2.25. The predicted octanol–water partition coefficient (Wildman–Crippen LogP) is -0.504. The smallest absolute Gasteiger partial charge is 0.472 e. The summed E-state index contributed by atoms with van der Waals surface area (Å²) in [5.74, 6) is -3.22. The molecule has 0 saturated carbocycles. The number of nitrogens with one attached hydrogen (secondary N) is 1. The molecule has 0 radical (unpaired) electrons. The first-order valence-electron chi connectivity index (χ1n) is 4.50. The molecule has 10 heteroatoms. The Morgan fingerprint density at radius 2 is 2.00 bits per heavy atom. The van der Waals surface area contributed by atoms with Crippen LogP contribution in [0, 0.1) is 0 Å². The van der Waals surface area contributed by atoms with E-state index < -0.39 is 23.6 Å². The molecule has 1 unspecified atom stereocenters. The highest BCUT2D eigenvalue weighted by Crippen LogP contribution is 2.18. The second kappa shape index (κ2) is 5.10. The average Bonchev–Trinajstić information content (AvgIpc) is 2.47. The third kappa shape index (κ3) is 3.75. The Morgan fingerprint density at radius 1 is 1.41 bits per heavy atom. The molecular formula is C7H10F3N3O3S. The molecule has 1 aliphatic rings. The zero-order valence-electron chi connectivity index (χ0n) is 8.44. The Morgan fingerprint density at radius 3 is 2.47 bits per heavy atom. The molecule has 0 bridgehead atoms. The van der Waals surface area contributed by atoms with Gasteiger partial charge in [-0.2, -0.15) is 18.2 Å². The van der Waals surface area contributed by atoms with Crippen LogP contribution in [-0.4, -0.2) is 58.2 Å². The third-order valence-corrected chi connectivity index (χ3v) is 2.68. The quantitative estimate of drug-likeness (QED) is 0.604. The summed E-state index contributed by atoms with van der Waals surface area (Å²) in [6, 6.07) is 0. The first-order chi connectivity index (χ1) is 7.71. The van der Waals surface area contributed by atoms with Gasteiger partial charge in [-0.1, -0.05) is 0 Å². The van der Waals surface area contributed by atoms with E-state index in [1.807, 2.05) is 0 Å². The molecule has 6 nitrogen and oxygen atoms in total. The van der Waals surface area contributed by atoms with Gasteiger partial charge in [-0.25, -0.2) is 0 Å². The van der Waals surface area contributed by atoms with E-state index in [0.29, 0.717) is 0 Å². The second-order valence-electron chi connectivity index (χ2n) is 3.34. The maximum Gasteiger partial charge on any atom is 0.472 e. The SMILES string of the molecule is O=C(O)CN1CCN(NC(=O)C(F)(F)F)C1S. The Labute approximate surface area is 99.7 Å². The van der Waals surface area contributed by atoms with Crippen LogP contribution in [0.3, 0.4) is 0 Å². The highest BCUT2D eigenvalue weighted by Gasteiger charge is 2.42. The van der Waals surface area contributed by atoms with Crippen molar-refractivity contribution in [3.63, 3.8) is 0 Å². The van der Waals surface area contributed by atoms with E-state index in [1.54, 1.807) is 5.43 Å². The maximum atomic E-state index is 12.0. The number of carboxylic acids is 1. The predicted molar refractivity (Wildman–Crippen MR) is 52.9 cm³/mol. The lowest BCUT2D eigenvalue weighted by molar-refractivity contribution is -0.178. The van der Waals surface area contributed by atoms with Crippen molar-refractivity contribution in [3.05, 3.63) is 0 Å². The number of amides is 1. The molecule has 0 aliphatic carbocycles. The summed E-state index contributed by atoms with van der Waals surface area (Å²) in [5, 5.41) is 9.46. The molecule has 1 aliphatic heterocycles. The monoisotopic (exact) mass is 273 g/mol. The van der Waals surface area contributed by atoms with Crippen molar-refractivity contribution in [2.24, 2.45) is 0 Å². The molecule has 98 valence electrons. The second-order valence-corrected chi connectivity index (χ2v) is 3.80. The van der Waals surface area contributed by atoms with E-state index in [2.05, 4.69) is 12.6 Å². The van der Waals surface area contributed by atoms with Gasteiger partial charge in [-0.3, -0.25) is 19.9 Å². The standard InChI is InChI=1S/C7H10F3N3O3S/c8-7(9,10)5(16)11-13-2-1-12(6(13)17)3-4(14)15/h6,17H,1-3H2,(H,11,16)(H,14,15). The van der Waals surface area contributed by atoms with Crippen LogP contribution in [0.4, 0.5) is 13.2 Å². The number of nitrogens with zero attached hydrogens (tertiary/aromatic N) is 2. The average molecular weight is 273 g/mol. The van der Waals surface area contributed by atoms with Gasteiger partial charge >= 0.3 is 18.1 Å². The summed E-state index contributed by atoms with van der Waals surface area (Å²) in [6.45, 7) is -0.0750. The van der Waals surface area contributed by atoms with E-state index in [4.69, 9.17) is 5.11 Å². The summed E-state index contributed by atoms with van der Waals surface area (Å²) in [6.07, 6.45) is -4.98. The Balaban J connectivity index is 2.53. The fourth-order valence-corrected chi connectivity index (χ4v) is 1.68. The molecule has 1 heterocycles. The van der Waals surface area contributed by atoms with Crippen molar-refractivity contribution in [3.8, 4) is 0 Å². The van der Waals surface area contributed by atoms with Crippen molar-refractivity contribution in [1.82, 2.24) is 15.3 Å². The molecule has 1 atom stereocenters. The summed E-state index contributed by atoms with van der Waals surface area (Å²) in [7, 11) is 0. The van der Waals surface area contributed by atoms with Gasteiger partial charge in [-0.05, 0) is 0 Å². The summed E-state index contributed by atoms with van der Waals surface area (Å²) < 4.78 is 35.9. The molecule has 0 aromatic heterocycles. The number of carbonyl (C=O) groups is 2. The van der Waals surface area contributed by atoms with E-state index in [9.17, 15) is 22.8 Å². The van der Waals surface area contributed by atoms with Gasteiger partial charge in [0, 0.05) is 13.1 Å². The first-order valence-corrected chi connectivity index (χ1v) is 5.02.